The summed E-state index contributed by atoms with van der Waals surface area (Å²) in [5, 5.41) is 0. The molecule has 1 aromatic heterocycles. The number of rotatable bonds is 6. The first kappa shape index (κ1) is 15.2. The maximum atomic E-state index is 11.1. The first-order valence-electron chi connectivity index (χ1n) is 7.03. The van der Waals surface area contributed by atoms with Crippen LogP contribution in [0.25, 0.3) is 0 Å². The molecule has 114 valence electrons. The Morgan fingerprint density at radius 1 is 1.19 bits per heavy atom. The second kappa shape index (κ2) is 7.03. The van der Waals surface area contributed by atoms with Crippen LogP contribution in [-0.2, 0) is 9.59 Å². The lowest BCUT2D eigenvalue weighted by Gasteiger charge is -2.38. The van der Waals surface area contributed by atoms with Gasteiger partial charge in [0, 0.05) is 25.3 Å². The fourth-order valence-electron chi connectivity index (χ4n) is 2.72. The van der Waals surface area contributed by atoms with Crippen LogP contribution < -0.4 is 16.4 Å². The second-order valence-electron chi connectivity index (χ2n) is 5.24. The Bertz CT molecular complexity index is 469. The number of pyridine rings is 1. The van der Waals surface area contributed by atoms with Crippen molar-refractivity contribution in [2.75, 3.05) is 31.1 Å². The van der Waals surface area contributed by atoms with Gasteiger partial charge in [-0.15, -0.1) is 0 Å². The van der Waals surface area contributed by atoms with Gasteiger partial charge in [-0.3, -0.25) is 14.5 Å². The number of carbonyl (C=O) groups is 2. The third-order valence-corrected chi connectivity index (χ3v) is 3.67. The van der Waals surface area contributed by atoms with Crippen LogP contribution in [-0.4, -0.2) is 53.9 Å². The van der Waals surface area contributed by atoms with Gasteiger partial charge in [-0.1, -0.05) is 6.07 Å². The highest BCUT2D eigenvalue weighted by Crippen LogP contribution is 2.20. The molecular weight excluding hydrogens is 270 g/mol. The fraction of sp³-hybridized carbons (Fsp3) is 0.500. The largest absolute Gasteiger partial charge is 0.369 e. The van der Waals surface area contributed by atoms with E-state index in [4.69, 9.17) is 11.5 Å². The summed E-state index contributed by atoms with van der Waals surface area (Å²) < 4.78 is 0. The number of aromatic nitrogens is 1. The van der Waals surface area contributed by atoms with Gasteiger partial charge in [-0.05, 0) is 25.0 Å². The summed E-state index contributed by atoms with van der Waals surface area (Å²) in [7, 11) is 0. The predicted molar refractivity (Wildman–Crippen MR) is 79.4 cm³/mol. The lowest BCUT2D eigenvalue weighted by Crippen LogP contribution is -2.50. The summed E-state index contributed by atoms with van der Waals surface area (Å²) in [4.78, 5) is 30.6. The molecule has 0 unspecified atom stereocenters. The minimum Gasteiger partial charge on any atom is -0.369 e. The van der Waals surface area contributed by atoms with E-state index in [-0.39, 0.29) is 19.1 Å². The number of piperidine rings is 1. The van der Waals surface area contributed by atoms with E-state index >= 15 is 0 Å². The van der Waals surface area contributed by atoms with Crippen LogP contribution in [0.15, 0.2) is 24.4 Å². The molecule has 1 aromatic rings. The van der Waals surface area contributed by atoms with Crippen molar-refractivity contribution in [1.29, 1.82) is 0 Å². The average Bonchev–Trinajstić information content (AvgIpc) is 2.47. The minimum absolute atomic E-state index is 0.0667. The molecule has 0 aromatic carbocycles. The third kappa shape index (κ3) is 4.42. The Morgan fingerprint density at radius 2 is 1.81 bits per heavy atom. The van der Waals surface area contributed by atoms with Crippen LogP contribution in [0.5, 0.6) is 0 Å². The van der Waals surface area contributed by atoms with Crippen LogP contribution in [0.1, 0.15) is 12.8 Å². The van der Waals surface area contributed by atoms with E-state index in [1.54, 1.807) is 11.1 Å². The molecular formula is C14H21N5O2. The van der Waals surface area contributed by atoms with Gasteiger partial charge in [0.25, 0.3) is 0 Å². The van der Waals surface area contributed by atoms with Crippen LogP contribution >= 0.6 is 0 Å². The summed E-state index contributed by atoms with van der Waals surface area (Å²) >= 11 is 0. The number of nitrogens with zero attached hydrogens (tertiary/aromatic N) is 3. The number of carbonyl (C=O) groups excluding carboxylic acids is 2. The molecule has 0 atom stereocenters. The Kier molecular flexibility index (Phi) is 5.10. The molecule has 0 radical (unpaired) electrons. The zero-order chi connectivity index (χ0) is 15.2. The molecule has 0 aliphatic carbocycles. The third-order valence-electron chi connectivity index (χ3n) is 3.67. The van der Waals surface area contributed by atoms with Gasteiger partial charge in [0.2, 0.25) is 11.8 Å². The highest BCUT2D eigenvalue weighted by atomic mass is 16.2. The Morgan fingerprint density at radius 3 is 2.29 bits per heavy atom. The monoisotopic (exact) mass is 291 g/mol. The number of nitrogens with two attached hydrogens (primary N) is 2. The van der Waals surface area contributed by atoms with Crippen molar-refractivity contribution in [3.05, 3.63) is 24.4 Å². The molecule has 21 heavy (non-hydrogen) atoms. The highest BCUT2D eigenvalue weighted by Gasteiger charge is 2.26. The van der Waals surface area contributed by atoms with Crippen molar-refractivity contribution in [1.82, 2.24) is 9.88 Å². The number of hydrogen-bond acceptors (Lipinski definition) is 5. The summed E-state index contributed by atoms with van der Waals surface area (Å²) in [5.41, 5.74) is 10.5. The van der Waals surface area contributed by atoms with Gasteiger partial charge < -0.3 is 16.4 Å². The van der Waals surface area contributed by atoms with E-state index in [2.05, 4.69) is 9.88 Å². The molecule has 2 amide bonds. The molecule has 1 saturated heterocycles. The molecule has 2 rings (SSSR count). The lowest BCUT2D eigenvalue weighted by atomic mass is 10.0. The second-order valence-corrected chi connectivity index (χ2v) is 5.24. The lowest BCUT2D eigenvalue weighted by molar-refractivity contribution is -0.123. The topological polar surface area (TPSA) is 106 Å². The van der Waals surface area contributed by atoms with Crippen molar-refractivity contribution in [3.63, 3.8) is 0 Å². The molecule has 0 bridgehead atoms. The summed E-state index contributed by atoms with van der Waals surface area (Å²) in [6.45, 7) is 1.79. The van der Waals surface area contributed by atoms with E-state index in [0.717, 1.165) is 31.7 Å². The van der Waals surface area contributed by atoms with Crippen LogP contribution in [0.3, 0.4) is 0 Å². The molecule has 1 aliphatic rings. The van der Waals surface area contributed by atoms with Crippen molar-refractivity contribution >= 4 is 17.6 Å². The molecule has 1 fully saturated rings. The van der Waals surface area contributed by atoms with Crippen molar-refractivity contribution in [2.24, 2.45) is 11.5 Å². The SMILES string of the molecule is NC(=O)CN(CC(N)=O)C1CCN(c2ccccn2)CC1. The molecule has 4 N–H and O–H groups in total. The first-order chi connectivity index (χ1) is 10.1. The zero-order valence-electron chi connectivity index (χ0n) is 11.9. The normalized spacial score (nSPS) is 16.1. The maximum Gasteiger partial charge on any atom is 0.231 e. The van der Waals surface area contributed by atoms with E-state index in [1.807, 2.05) is 18.2 Å². The molecule has 7 nitrogen and oxygen atoms in total. The van der Waals surface area contributed by atoms with Crippen molar-refractivity contribution in [2.45, 2.75) is 18.9 Å². The first-order valence-corrected chi connectivity index (χ1v) is 7.03. The average molecular weight is 291 g/mol. The molecule has 0 spiro atoms. The highest BCUT2D eigenvalue weighted by molar-refractivity contribution is 5.79. The Hall–Kier alpha value is -2.15. The smallest absolute Gasteiger partial charge is 0.231 e. The zero-order valence-corrected chi connectivity index (χ0v) is 11.9. The summed E-state index contributed by atoms with van der Waals surface area (Å²) in [6.07, 6.45) is 3.46. The van der Waals surface area contributed by atoms with Gasteiger partial charge in [0.05, 0.1) is 13.1 Å². The Balaban J connectivity index is 1.94. The summed E-state index contributed by atoms with van der Waals surface area (Å²) in [6, 6.07) is 5.97. The van der Waals surface area contributed by atoms with Gasteiger partial charge in [-0.25, -0.2) is 4.98 Å². The van der Waals surface area contributed by atoms with Crippen LogP contribution in [0, 0.1) is 0 Å². The number of amides is 2. The fourth-order valence-corrected chi connectivity index (χ4v) is 2.72. The van der Waals surface area contributed by atoms with E-state index in [1.165, 1.54) is 0 Å². The van der Waals surface area contributed by atoms with E-state index in [9.17, 15) is 9.59 Å². The van der Waals surface area contributed by atoms with Crippen molar-refractivity contribution in [3.8, 4) is 0 Å². The maximum absolute atomic E-state index is 11.1. The van der Waals surface area contributed by atoms with E-state index < -0.39 is 11.8 Å². The van der Waals surface area contributed by atoms with Crippen LogP contribution in [0.4, 0.5) is 5.82 Å². The van der Waals surface area contributed by atoms with Crippen LogP contribution in [0.2, 0.25) is 0 Å². The van der Waals surface area contributed by atoms with Gasteiger partial charge in [0.1, 0.15) is 5.82 Å². The number of primary amides is 2. The molecule has 1 aliphatic heterocycles. The number of anilines is 1. The summed E-state index contributed by atoms with van der Waals surface area (Å²) in [5.74, 6) is 0.0686. The molecule has 7 heteroatoms. The Labute approximate surface area is 123 Å². The molecule has 2 heterocycles. The quantitative estimate of drug-likeness (QED) is 0.722. The standard InChI is InChI=1S/C14H21N5O2/c15-12(20)9-19(10-13(16)21)11-4-7-18(8-5-11)14-3-1-2-6-17-14/h1-3,6,11H,4-5,7-10H2,(H2,15,20)(H2,16,21). The van der Waals surface area contributed by atoms with Gasteiger partial charge in [-0.2, -0.15) is 0 Å². The van der Waals surface area contributed by atoms with E-state index in [0.29, 0.717) is 0 Å². The van der Waals surface area contributed by atoms with Crippen molar-refractivity contribution < 1.29 is 9.59 Å². The minimum atomic E-state index is -0.441. The van der Waals surface area contributed by atoms with Gasteiger partial charge in [0.15, 0.2) is 0 Å². The molecule has 0 saturated carbocycles. The predicted octanol–water partition coefficient (Wildman–Crippen LogP) is -0.677. The number of hydrogen-bond donors (Lipinski definition) is 2. The van der Waals surface area contributed by atoms with Gasteiger partial charge >= 0.3 is 0 Å².